The molecule has 6 nitrogen and oxygen atoms in total. The number of fused-ring (bicyclic) bond motifs is 2. The van der Waals surface area contributed by atoms with Gasteiger partial charge in [-0.15, -0.1) is 0 Å². The van der Waals surface area contributed by atoms with Crippen LogP contribution in [0.4, 0.5) is 13.2 Å². The highest BCUT2D eigenvalue weighted by Gasteiger charge is 2.25. The lowest BCUT2D eigenvalue weighted by Gasteiger charge is -2.23. The van der Waals surface area contributed by atoms with Crippen molar-refractivity contribution in [3.8, 4) is 0 Å². The lowest BCUT2D eigenvalue weighted by Crippen LogP contribution is -2.32. The van der Waals surface area contributed by atoms with Gasteiger partial charge in [0.1, 0.15) is 11.3 Å². The van der Waals surface area contributed by atoms with E-state index in [2.05, 4.69) is 9.97 Å². The van der Waals surface area contributed by atoms with Crippen LogP contribution in [0.25, 0.3) is 11.3 Å². The fraction of sp³-hybridized carbons (Fsp3) is 0.0870. The summed E-state index contributed by atoms with van der Waals surface area (Å²) >= 11 is 0. The maximum absolute atomic E-state index is 14.4. The van der Waals surface area contributed by atoms with Crippen LogP contribution in [-0.2, 0) is 13.1 Å². The number of nitrogens with zero attached hydrogens (tertiary/aromatic N) is 5. The maximum Gasteiger partial charge on any atom is 0.257 e. The summed E-state index contributed by atoms with van der Waals surface area (Å²) in [5.74, 6) is -5.33. The van der Waals surface area contributed by atoms with Gasteiger partial charge >= 0.3 is 0 Å². The van der Waals surface area contributed by atoms with Gasteiger partial charge in [-0.25, -0.2) is 23.1 Å². The summed E-state index contributed by atoms with van der Waals surface area (Å²) < 4.78 is 45.3. The van der Waals surface area contributed by atoms with Crippen LogP contribution >= 0.6 is 0 Å². The molecule has 1 amide bonds. The van der Waals surface area contributed by atoms with Gasteiger partial charge in [0.2, 0.25) is 0 Å². The SMILES string of the molecule is O=C(c1ccc(F)c(F)c1F)N(Cc1cnc2ccccn12)Cc1cnc2ccccn12. The van der Waals surface area contributed by atoms with E-state index < -0.39 is 28.9 Å². The van der Waals surface area contributed by atoms with Crippen LogP contribution < -0.4 is 0 Å². The Morgan fingerprint density at radius 3 is 1.91 bits per heavy atom. The summed E-state index contributed by atoms with van der Waals surface area (Å²) in [6, 6.07) is 12.6. The fourth-order valence-corrected chi connectivity index (χ4v) is 3.66. The summed E-state index contributed by atoms with van der Waals surface area (Å²) in [7, 11) is 0. The van der Waals surface area contributed by atoms with Crippen molar-refractivity contribution >= 4 is 17.2 Å². The molecular formula is C23H16F3N5O. The first-order valence-corrected chi connectivity index (χ1v) is 9.77. The molecule has 0 aliphatic rings. The zero-order valence-electron chi connectivity index (χ0n) is 16.6. The maximum atomic E-state index is 14.4. The molecular weight excluding hydrogens is 419 g/mol. The van der Waals surface area contributed by atoms with Crippen molar-refractivity contribution in [1.29, 1.82) is 0 Å². The predicted molar refractivity (Wildman–Crippen MR) is 110 cm³/mol. The molecule has 0 saturated heterocycles. The average Bonchev–Trinajstić information content (AvgIpc) is 3.41. The van der Waals surface area contributed by atoms with E-state index in [9.17, 15) is 18.0 Å². The summed E-state index contributed by atoms with van der Waals surface area (Å²) in [5.41, 5.74) is 2.16. The molecule has 0 aliphatic carbocycles. The summed E-state index contributed by atoms with van der Waals surface area (Å²) in [6.45, 7) is 0.116. The van der Waals surface area contributed by atoms with E-state index in [0.29, 0.717) is 22.7 Å². The number of halogens is 3. The van der Waals surface area contributed by atoms with Crippen LogP contribution in [-0.4, -0.2) is 29.6 Å². The molecule has 4 aromatic heterocycles. The molecule has 0 atom stereocenters. The number of hydrogen-bond acceptors (Lipinski definition) is 3. The van der Waals surface area contributed by atoms with Crippen molar-refractivity contribution < 1.29 is 18.0 Å². The van der Waals surface area contributed by atoms with Crippen molar-refractivity contribution in [2.45, 2.75) is 13.1 Å². The van der Waals surface area contributed by atoms with Crippen LogP contribution in [0.3, 0.4) is 0 Å². The molecule has 4 heterocycles. The minimum Gasteiger partial charge on any atom is -0.327 e. The number of carbonyl (C=O) groups excluding carboxylic acids is 1. The lowest BCUT2D eigenvalue weighted by atomic mass is 10.1. The van der Waals surface area contributed by atoms with Gasteiger partial charge in [0.15, 0.2) is 17.5 Å². The van der Waals surface area contributed by atoms with Gasteiger partial charge in [-0.1, -0.05) is 12.1 Å². The quantitative estimate of drug-likeness (QED) is 0.388. The van der Waals surface area contributed by atoms with E-state index in [-0.39, 0.29) is 13.1 Å². The van der Waals surface area contributed by atoms with Crippen LogP contribution in [0.2, 0.25) is 0 Å². The molecule has 1 aromatic carbocycles. The Bertz CT molecular complexity index is 1380. The number of imidazole rings is 2. The highest BCUT2D eigenvalue weighted by molar-refractivity contribution is 5.94. The first kappa shape index (κ1) is 19.8. The van der Waals surface area contributed by atoms with Gasteiger partial charge in [0.05, 0.1) is 42.4 Å². The van der Waals surface area contributed by atoms with E-state index in [1.807, 2.05) is 36.4 Å². The van der Waals surface area contributed by atoms with Crippen molar-refractivity contribution in [2.24, 2.45) is 0 Å². The molecule has 5 rings (SSSR count). The number of hydrogen-bond donors (Lipinski definition) is 0. The summed E-state index contributed by atoms with van der Waals surface area (Å²) in [6.07, 6.45) is 6.83. The third-order valence-electron chi connectivity index (χ3n) is 5.25. The molecule has 0 spiro atoms. The normalized spacial score (nSPS) is 11.3. The highest BCUT2D eigenvalue weighted by Crippen LogP contribution is 2.21. The Morgan fingerprint density at radius 2 is 1.34 bits per heavy atom. The summed E-state index contributed by atoms with van der Waals surface area (Å²) in [5, 5.41) is 0. The second kappa shape index (κ2) is 7.84. The van der Waals surface area contributed by atoms with Gasteiger partial charge in [-0.2, -0.15) is 0 Å². The zero-order valence-corrected chi connectivity index (χ0v) is 16.6. The average molecular weight is 435 g/mol. The first-order valence-electron chi connectivity index (χ1n) is 9.77. The van der Waals surface area contributed by atoms with Gasteiger partial charge in [0, 0.05) is 12.4 Å². The van der Waals surface area contributed by atoms with E-state index in [4.69, 9.17) is 0 Å². The Labute approximate surface area is 180 Å². The molecule has 0 saturated carbocycles. The van der Waals surface area contributed by atoms with E-state index in [0.717, 1.165) is 12.1 Å². The minimum absolute atomic E-state index is 0.0581. The largest absolute Gasteiger partial charge is 0.327 e. The second-order valence-electron chi connectivity index (χ2n) is 7.24. The zero-order chi connectivity index (χ0) is 22.2. The Kier molecular flexibility index (Phi) is 4.85. The summed E-state index contributed by atoms with van der Waals surface area (Å²) in [4.78, 5) is 23.3. The number of pyridine rings is 2. The molecule has 0 fully saturated rings. The first-order chi connectivity index (χ1) is 15.5. The van der Waals surface area contributed by atoms with Crippen molar-refractivity contribution in [3.05, 3.63) is 108 Å². The highest BCUT2D eigenvalue weighted by atomic mass is 19.2. The van der Waals surface area contributed by atoms with Gasteiger partial charge in [-0.05, 0) is 36.4 Å². The fourth-order valence-electron chi connectivity index (χ4n) is 3.66. The Balaban J connectivity index is 1.56. The molecule has 32 heavy (non-hydrogen) atoms. The Morgan fingerprint density at radius 1 is 0.781 bits per heavy atom. The van der Waals surface area contributed by atoms with Gasteiger partial charge < -0.3 is 13.7 Å². The van der Waals surface area contributed by atoms with Crippen LogP contribution in [0.15, 0.2) is 73.3 Å². The number of aromatic nitrogens is 4. The smallest absolute Gasteiger partial charge is 0.257 e. The Hall–Kier alpha value is -4.14. The van der Waals surface area contributed by atoms with E-state index >= 15 is 0 Å². The molecule has 0 N–H and O–H groups in total. The molecule has 0 radical (unpaired) electrons. The second-order valence-corrected chi connectivity index (χ2v) is 7.24. The number of carbonyl (C=O) groups is 1. The predicted octanol–water partition coefficient (Wildman–Crippen LogP) is 4.24. The third kappa shape index (κ3) is 3.37. The topological polar surface area (TPSA) is 54.9 Å². The van der Waals surface area contributed by atoms with Crippen LogP contribution in [0.5, 0.6) is 0 Å². The van der Waals surface area contributed by atoms with Crippen molar-refractivity contribution in [3.63, 3.8) is 0 Å². The number of amides is 1. The molecule has 0 aliphatic heterocycles. The molecule has 5 aromatic rings. The number of rotatable bonds is 5. The molecule has 160 valence electrons. The van der Waals surface area contributed by atoms with Gasteiger partial charge in [0.25, 0.3) is 5.91 Å². The molecule has 0 bridgehead atoms. The van der Waals surface area contributed by atoms with Crippen LogP contribution in [0, 0.1) is 17.5 Å². The van der Waals surface area contributed by atoms with E-state index in [1.54, 1.807) is 33.6 Å². The van der Waals surface area contributed by atoms with Crippen molar-refractivity contribution in [2.75, 3.05) is 0 Å². The number of benzene rings is 1. The van der Waals surface area contributed by atoms with Gasteiger partial charge in [-0.3, -0.25) is 4.79 Å². The third-order valence-corrected chi connectivity index (χ3v) is 5.25. The lowest BCUT2D eigenvalue weighted by molar-refractivity contribution is 0.0718. The monoisotopic (exact) mass is 435 g/mol. The molecule has 0 unspecified atom stereocenters. The van der Waals surface area contributed by atoms with Crippen molar-refractivity contribution in [1.82, 2.24) is 23.7 Å². The standard InChI is InChI=1S/C23H16F3N5O/c24-18-8-7-17(21(25)22(18)26)23(32)29(13-15-11-27-19-5-1-3-9-30(15)19)14-16-12-28-20-6-2-4-10-31(16)20/h1-12H,13-14H2. The van der Waals surface area contributed by atoms with Crippen LogP contribution in [0.1, 0.15) is 21.7 Å². The molecule has 9 heteroatoms. The minimum atomic E-state index is -1.68. The van der Waals surface area contributed by atoms with E-state index in [1.165, 1.54) is 4.90 Å².